The summed E-state index contributed by atoms with van der Waals surface area (Å²) in [5, 5.41) is 14.0. The molecule has 22 heavy (non-hydrogen) atoms. The molecule has 120 valence electrons. The summed E-state index contributed by atoms with van der Waals surface area (Å²) in [6.45, 7) is 0.716. The van der Waals surface area contributed by atoms with Gasteiger partial charge in [0.15, 0.2) is 0 Å². The Morgan fingerprint density at radius 3 is 2.59 bits per heavy atom. The highest BCUT2D eigenvalue weighted by Crippen LogP contribution is 2.41. The number of rotatable bonds is 6. The van der Waals surface area contributed by atoms with Crippen LogP contribution in [-0.4, -0.2) is 30.2 Å². The number of benzene rings is 1. The van der Waals surface area contributed by atoms with Crippen LogP contribution in [0, 0.1) is 0 Å². The number of halogens is 1. The van der Waals surface area contributed by atoms with Gasteiger partial charge in [-0.2, -0.15) is 0 Å². The lowest BCUT2D eigenvalue weighted by Gasteiger charge is -2.30. The molecule has 5 nitrogen and oxygen atoms in total. The molecule has 0 saturated heterocycles. The number of carboxylic acids is 1. The van der Waals surface area contributed by atoms with E-state index in [1.54, 1.807) is 0 Å². The molecule has 0 aromatic heterocycles. The van der Waals surface area contributed by atoms with E-state index >= 15 is 0 Å². The summed E-state index contributed by atoms with van der Waals surface area (Å²) in [5.74, 6) is -0.915. The Morgan fingerprint density at radius 1 is 1.23 bits per heavy atom. The van der Waals surface area contributed by atoms with Crippen molar-refractivity contribution in [1.82, 2.24) is 10.6 Å². The monoisotopic (exact) mass is 368 g/mol. The zero-order valence-corrected chi connectivity index (χ0v) is 14.0. The molecule has 1 aromatic rings. The third-order valence-electron chi connectivity index (χ3n) is 4.21. The summed E-state index contributed by atoms with van der Waals surface area (Å²) in [6, 6.07) is 7.95. The van der Waals surface area contributed by atoms with Crippen LogP contribution in [-0.2, 0) is 10.2 Å². The lowest BCUT2D eigenvalue weighted by atomic mass is 9.79. The van der Waals surface area contributed by atoms with Crippen molar-refractivity contribution in [2.75, 3.05) is 13.1 Å². The fourth-order valence-corrected chi connectivity index (χ4v) is 3.43. The number of amides is 2. The minimum absolute atomic E-state index is 0.0199. The number of carbonyl (C=O) groups is 2. The Morgan fingerprint density at radius 2 is 1.95 bits per heavy atom. The van der Waals surface area contributed by atoms with Crippen LogP contribution in [0.2, 0.25) is 0 Å². The molecule has 0 radical (unpaired) electrons. The van der Waals surface area contributed by atoms with Crippen LogP contribution in [0.3, 0.4) is 0 Å². The van der Waals surface area contributed by atoms with Crippen molar-refractivity contribution in [1.29, 1.82) is 0 Å². The van der Waals surface area contributed by atoms with E-state index in [2.05, 4.69) is 38.7 Å². The van der Waals surface area contributed by atoms with E-state index in [0.717, 1.165) is 30.2 Å². The molecule has 0 spiro atoms. The normalized spacial score (nSPS) is 16.2. The van der Waals surface area contributed by atoms with Gasteiger partial charge in [-0.3, -0.25) is 4.79 Å². The van der Waals surface area contributed by atoms with Crippen LogP contribution in [0.25, 0.3) is 0 Å². The predicted octanol–water partition coefficient (Wildman–Crippen LogP) is 3.03. The van der Waals surface area contributed by atoms with Gasteiger partial charge >= 0.3 is 12.0 Å². The van der Waals surface area contributed by atoms with Gasteiger partial charge in [0.2, 0.25) is 0 Å². The third-order valence-corrected chi connectivity index (χ3v) is 4.70. The van der Waals surface area contributed by atoms with Gasteiger partial charge in [0.25, 0.3) is 0 Å². The Hall–Kier alpha value is -1.56. The van der Waals surface area contributed by atoms with Gasteiger partial charge in [0.1, 0.15) is 0 Å². The molecular weight excluding hydrogens is 348 g/mol. The fourth-order valence-electron chi connectivity index (χ4n) is 3.03. The van der Waals surface area contributed by atoms with E-state index in [1.807, 2.05) is 12.1 Å². The minimum Gasteiger partial charge on any atom is -0.481 e. The van der Waals surface area contributed by atoms with Gasteiger partial charge in [-0.05, 0) is 30.5 Å². The van der Waals surface area contributed by atoms with E-state index in [1.165, 1.54) is 5.56 Å². The van der Waals surface area contributed by atoms with Gasteiger partial charge in [-0.1, -0.05) is 40.9 Å². The summed E-state index contributed by atoms with van der Waals surface area (Å²) in [6.07, 6.45) is 4.37. The fraction of sp³-hybridized carbons (Fsp3) is 0.500. The maximum absolute atomic E-state index is 11.8. The third kappa shape index (κ3) is 4.47. The van der Waals surface area contributed by atoms with Gasteiger partial charge in [-0.25, -0.2) is 4.79 Å². The first-order chi connectivity index (χ1) is 10.5. The molecule has 1 saturated carbocycles. The highest BCUT2D eigenvalue weighted by atomic mass is 79.9. The Labute approximate surface area is 138 Å². The molecule has 1 aromatic carbocycles. The Kier molecular flexibility index (Phi) is 5.83. The van der Waals surface area contributed by atoms with Crippen molar-refractivity contribution in [2.45, 2.75) is 37.5 Å². The average Bonchev–Trinajstić information content (AvgIpc) is 2.95. The first-order valence-corrected chi connectivity index (χ1v) is 8.31. The topological polar surface area (TPSA) is 78.4 Å². The van der Waals surface area contributed by atoms with Crippen LogP contribution in [0.1, 0.15) is 37.7 Å². The Bertz CT molecular complexity index is 542. The van der Waals surface area contributed by atoms with Gasteiger partial charge < -0.3 is 15.7 Å². The highest BCUT2D eigenvalue weighted by molar-refractivity contribution is 9.10. The van der Waals surface area contributed by atoms with E-state index in [4.69, 9.17) is 5.11 Å². The molecule has 1 fully saturated rings. The van der Waals surface area contributed by atoms with Gasteiger partial charge in [-0.15, -0.1) is 0 Å². The van der Waals surface area contributed by atoms with Crippen LogP contribution in [0.15, 0.2) is 28.7 Å². The smallest absolute Gasteiger partial charge is 0.314 e. The Balaban J connectivity index is 1.95. The van der Waals surface area contributed by atoms with Gasteiger partial charge in [0, 0.05) is 23.0 Å². The van der Waals surface area contributed by atoms with Crippen molar-refractivity contribution in [3.8, 4) is 0 Å². The zero-order valence-electron chi connectivity index (χ0n) is 12.4. The van der Waals surface area contributed by atoms with Crippen molar-refractivity contribution >= 4 is 27.9 Å². The summed E-state index contributed by atoms with van der Waals surface area (Å²) in [4.78, 5) is 22.2. The maximum Gasteiger partial charge on any atom is 0.314 e. The maximum atomic E-state index is 11.8. The number of urea groups is 1. The van der Waals surface area contributed by atoms with Crippen LogP contribution >= 0.6 is 15.9 Å². The van der Waals surface area contributed by atoms with Crippen molar-refractivity contribution < 1.29 is 14.7 Å². The number of hydrogen-bond donors (Lipinski definition) is 3. The molecular formula is C16H21BrN2O3. The molecule has 0 bridgehead atoms. The van der Waals surface area contributed by atoms with E-state index in [-0.39, 0.29) is 24.4 Å². The van der Waals surface area contributed by atoms with Crippen LogP contribution in [0.4, 0.5) is 4.79 Å². The molecule has 1 aliphatic carbocycles. The van der Waals surface area contributed by atoms with Crippen molar-refractivity contribution in [2.24, 2.45) is 0 Å². The summed E-state index contributed by atoms with van der Waals surface area (Å²) in [7, 11) is 0. The molecule has 6 heteroatoms. The van der Waals surface area contributed by atoms with Crippen LogP contribution in [0.5, 0.6) is 0 Å². The number of hydrogen-bond acceptors (Lipinski definition) is 2. The standard InChI is InChI=1S/C16H21BrN2O3/c17-13-5-3-4-12(10-13)16(7-1-2-8-16)11-19-15(22)18-9-6-14(20)21/h3-5,10H,1-2,6-9,11H2,(H,20,21)(H2,18,19,22). The lowest BCUT2D eigenvalue weighted by molar-refractivity contribution is -0.136. The number of aliphatic carboxylic acids is 1. The number of carbonyl (C=O) groups excluding carboxylic acids is 1. The largest absolute Gasteiger partial charge is 0.481 e. The molecule has 0 atom stereocenters. The summed E-state index contributed by atoms with van der Waals surface area (Å²) >= 11 is 3.51. The summed E-state index contributed by atoms with van der Waals surface area (Å²) < 4.78 is 1.04. The van der Waals surface area contributed by atoms with E-state index < -0.39 is 5.97 Å². The molecule has 0 unspecified atom stereocenters. The molecule has 0 heterocycles. The second kappa shape index (κ2) is 7.63. The van der Waals surface area contributed by atoms with Gasteiger partial charge in [0.05, 0.1) is 6.42 Å². The molecule has 1 aliphatic rings. The zero-order chi connectivity index (χ0) is 16.0. The average molecular weight is 369 g/mol. The van der Waals surface area contributed by atoms with E-state index in [9.17, 15) is 9.59 Å². The number of carboxylic acid groups (broad SMARTS) is 1. The molecule has 0 aliphatic heterocycles. The SMILES string of the molecule is O=C(O)CCNC(=O)NCC1(c2cccc(Br)c2)CCCC1. The highest BCUT2D eigenvalue weighted by Gasteiger charge is 2.35. The molecule has 2 amide bonds. The first-order valence-electron chi connectivity index (χ1n) is 7.51. The second-order valence-corrected chi connectivity index (χ2v) is 6.67. The van der Waals surface area contributed by atoms with Crippen LogP contribution < -0.4 is 10.6 Å². The molecule has 3 N–H and O–H groups in total. The number of nitrogens with one attached hydrogen (secondary N) is 2. The predicted molar refractivity (Wildman–Crippen MR) is 87.9 cm³/mol. The quantitative estimate of drug-likeness (QED) is 0.721. The first kappa shape index (κ1) is 16.8. The lowest BCUT2D eigenvalue weighted by Crippen LogP contribution is -2.44. The van der Waals surface area contributed by atoms with Crippen molar-refractivity contribution in [3.05, 3.63) is 34.3 Å². The van der Waals surface area contributed by atoms with E-state index in [0.29, 0.717) is 6.54 Å². The minimum atomic E-state index is -0.915. The van der Waals surface area contributed by atoms with Crippen molar-refractivity contribution in [3.63, 3.8) is 0 Å². The molecule has 2 rings (SSSR count). The summed E-state index contributed by atoms with van der Waals surface area (Å²) in [5.41, 5.74) is 1.22. The second-order valence-electron chi connectivity index (χ2n) is 5.75.